The number of carbonyl (C=O) groups excluding carboxylic acids is 1. The third-order valence-corrected chi connectivity index (χ3v) is 4.90. The quantitative estimate of drug-likeness (QED) is 0.208. The number of ether oxygens (including phenoxy) is 1. The molecule has 1 unspecified atom stereocenters. The Morgan fingerprint density at radius 3 is 1.40 bits per heavy atom. The Morgan fingerprint density at radius 1 is 0.680 bits per heavy atom. The van der Waals surface area contributed by atoms with E-state index in [0.717, 1.165) is 12.8 Å². The van der Waals surface area contributed by atoms with Crippen molar-refractivity contribution in [3.8, 4) is 0 Å². The molecule has 0 aliphatic rings. The molecule has 0 fully saturated rings. The van der Waals surface area contributed by atoms with Gasteiger partial charge in [0.2, 0.25) is 0 Å². The zero-order valence-electron chi connectivity index (χ0n) is 18.0. The van der Waals surface area contributed by atoms with Crippen LogP contribution in [0, 0.1) is 5.41 Å². The van der Waals surface area contributed by atoms with Crippen molar-refractivity contribution in [3.05, 3.63) is 0 Å². The minimum Gasteiger partial charge on any atom is -0.462 e. The van der Waals surface area contributed by atoms with Crippen molar-refractivity contribution in [3.63, 3.8) is 0 Å². The number of hydrogen-bond donors (Lipinski definition) is 0. The molecule has 150 valence electrons. The molecule has 0 amide bonds. The number of rotatable bonds is 16. The van der Waals surface area contributed by atoms with E-state index in [1.54, 1.807) is 0 Å². The van der Waals surface area contributed by atoms with Crippen LogP contribution in [0.25, 0.3) is 0 Å². The lowest BCUT2D eigenvalue weighted by atomic mass is 9.96. The van der Waals surface area contributed by atoms with E-state index in [9.17, 15) is 4.79 Å². The van der Waals surface area contributed by atoms with Gasteiger partial charge in [-0.05, 0) is 46.5 Å². The largest absolute Gasteiger partial charge is 0.462 e. The normalized spacial score (nSPS) is 13.0. The second-order valence-electron chi connectivity index (χ2n) is 8.74. The Balaban J connectivity index is 4.01. The molecule has 0 saturated heterocycles. The summed E-state index contributed by atoms with van der Waals surface area (Å²) in [5.41, 5.74) is -0.389. The van der Waals surface area contributed by atoms with Crippen LogP contribution in [0.3, 0.4) is 0 Å². The standard InChI is InChI=1S/C23H46O2/c1-6-8-10-12-13-14-16-18-20-21(19-17-15-11-9-7-2)25-22(24)23(3,4)5/h21H,6-20H2,1-5H3. The molecule has 0 aromatic rings. The molecule has 0 spiro atoms. The smallest absolute Gasteiger partial charge is 0.311 e. The van der Waals surface area contributed by atoms with Gasteiger partial charge in [0.25, 0.3) is 0 Å². The van der Waals surface area contributed by atoms with Crippen molar-refractivity contribution >= 4 is 5.97 Å². The van der Waals surface area contributed by atoms with Crippen LogP contribution >= 0.6 is 0 Å². The van der Waals surface area contributed by atoms with Gasteiger partial charge < -0.3 is 4.74 Å². The highest BCUT2D eigenvalue weighted by Gasteiger charge is 2.26. The van der Waals surface area contributed by atoms with Crippen LogP contribution in [0.1, 0.15) is 131 Å². The predicted molar refractivity (Wildman–Crippen MR) is 110 cm³/mol. The number of esters is 1. The highest BCUT2D eigenvalue weighted by atomic mass is 16.5. The van der Waals surface area contributed by atoms with Crippen molar-refractivity contribution in [1.82, 2.24) is 0 Å². The summed E-state index contributed by atoms with van der Waals surface area (Å²) in [6.07, 6.45) is 19.3. The second-order valence-corrected chi connectivity index (χ2v) is 8.74. The molecule has 0 aromatic carbocycles. The Bertz CT molecular complexity index is 304. The fourth-order valence-electron chi connectivity index (χ4n) is 3.07. The van der Waals surface area contributed by atoms with E-state index < -0.39 is 0 Å². The van der Waals surface area contributed by atoms with Crippen LogP contribution in [0.4, 0.5) is 0 Å². The fraction of sp³-hybridized carbons (Fsp3) is 0.957. The van der Waals surface area contributed by atoms with Crippen LogP contribution in [0.5, 0.6) is 0 Å². The molecule has 0 heterocycles. The third-order valence-electron chi connectivity index (χ3n) is 4.90. The predicted octanol–water partition coefficient (Wildman–Crippen LogP) is 7.84. The maximum Gasteiger partial charge on any atom is 0.311 e. The molecule has 0 radical (unpaired) electrons. The van der Waals surface area contributed by atoms with Crippen LogP contribution in [0.15, 0.2) is 0 Å². The van der Waals surface area contributed by atoms with Crippen molar-refractivity contribution in [2.45, 2.75) is 137 Å². The summed E-state index contributed by atoms with van der Waals surface area (Å²) >= 11 is 0. The second kappa shape index (κ2) is 15.7. The van der Waals surface area contributed by atoms with Crippen LogP contribution < -0.4 is 0 Å². The Labute approximate surface area is 158 Å². The number of carbonyl (C=O) groups is 1. The van der Waals surface area contributed by atoms with Gasteiger partial charge in [-0.1, -0.05) is 84.5 Å². The molecule has 0 aliphatic carbocycles. The molecule has 2 heteroatoms. The molecule has 0 bridgehead atoms. The average Bonchev–Trinajstić information content (AvgIpc) is 2.55. The molecule has 25 heavy (non-hydrogen) atoms. The maximum atomic E-state index is 12.2. The first-order valence-electron chi connectivity index (χ1n) is 11.1. The van der Waals surface area contributed by atoms with Gasteiger partial charge in [-0.25, -0.2) is 0 Å². The average molecular weight is 355 g/mol. The first-order chi connectivity index (χ1) is 11.9. The van der Waals surface area contributed by atoms with Gasteiger partial charge in [-0.3, -0.25) is 4.79 Å². The Kier molecular flexibility index (Phi) is 15.4. The summed E-state index contributed by atoms with van der Waals surface area (Å²) in [7, 11) is 0. The van der Waals surface area contributed by atoms with Crippen LogP contribution in [0.2, 0.25) is 0 Å². The highest BCUT2D eigenvalue weighted by molar-refractivity contribution is 5.75. The number of hydrogen-bond acceptors (Lipinski definition) is 2. The van der Waals surface area contributed by atoms with Crippen LogP contribution in [-0.2, 0) is 9.53 Å². The summed E-state index contributed by atoms with van der Waals surface area (Å²) in [4.78, 5) is 12.2. The SMILES string of the molecule is CCCCCCCCCCC(CCCCCCC)OC(=O)C(C)(C)C. The topological polar surface area (TPSA) is 26.3 Å². The molecule has 0 N–H and O–H groups in total. The first-order valence-corrected chi connectivity index (χ1v) is 11.1. The lowest BCUT2D eigenvalue weighted by Gasteiger charge is -2.23. The Hall–Kier alpha value is -0.530. The summed E-state index contributed by atoms with van der Waals surface area (Å²) in [5, 5.41) is 0. The highest BCUT2D eigenvalue weighted by Crippen LogP contribution is 2.22. The zero-order valence-corrected chi connectivity index (χ0v) is 18.0. The number of unbranched alkanes of at least 4 members (excludes halogenated alkanes) is 11. The van der Waals surface area contributed by atoms with E-state index in [1.165, 1.54) is 83.5 Å². The first kappa shape index (κ1) is 24.5. The molecule has 0 aliphatic heterocycles. The van der Waals surface area contributed by atoms with Gasteiger partial charge in [0.1, 0.15) is 6.10 Å². The van der Waals surface area contributed by atoms with Gasteiger partial charge in [0.15, 0.2) is 0 Å². The third kappa shape index (κ3) is 15.4. The molecule has 2 nitrogen and oxygen atoms in total. The van der Waals surface area contributed by atoms with E-state index in [-0.39, 0.29) is 17.5 Å². The molecule has 0 aromatic heterocycles. The van der Waals surface area contributed by atoms with Gasteiger partial charge in [-0.2, -0.15) is 0 Å². The van der Waals surface area contributed by atoms with Crippen molar-refractivity contribution in [2.75, 3.05) is 0 Å². The summed E-state index contributed by atoms with van der Waals surface area (Å²) in [6, 6.07) is 0. The molecule has 0 rings (SSSR count). The minimum absolute atomic E-state index is 0.0365. The van der Waals surface area contributed by atoms with Gasteiger partial charge in [-0.15, -0.1) is 0 Å². The van der Waals surface area contributed by atoms with E-state index in [4.69, 9.17) is 4.74 Å². The van der Waals surface area contributed by atoms with Crippen molar-refractivity contribution in [2.24, 2.45) is 5.41 Å². The maximum absolute atomic E-state index is 12.2. The van der Waals surface area contributed by atoms with Gasteiger partial charge in [0, 0.05) is 0 Å². The molecule has 0 saturated carbocycles. The molecule has 1 atom stereocenters. The Morgan fingerprint density at radius 2 is 1.04 bits per heavy atom. The van der Waals surface area contributed by atoms with E-state index in [1.807, 2.05) is 20.8 Å². The zero-order chi connectivity index (χ0) is 19.0. The fourth-order valence-corrected chi connectivity index (χ4v) is 3.07. The van der Waals surface area contributed by atoms with E-state index >= 15 is 0 Å². The van der Waals surface area contributed by atoms with Gasteiger partial charge in [0.05, 0.1) is 5.41 Å². The lowest BCUT2D eigenvalue weighted by Crippen LogP contribution is -2.28. The van der Waals surface area contributed by atoms with Gasteiger partial charge >= 0.3 is 5.97 Å². The van der Waals surface area contributed by atoms with E-state index in [0.29, 0.717) is 0 Å². The van der Waals surface area contributed by atoms with E-state index in [2.05, 4.69) is 13.8 Å². The summed E-state index contributed by atoms with van der Waals surface area (Å²) < 4.78 is 5.84. The van der Waals surface area contributed by atoms with Crippen LogP contribution in [-0.4, -0.2) is 12.1 Å². The van der Waals surface area contributed by atoms with Crippen molar-refractivity contribution in [1.29, 1.82) is 0 Å². The molecular weight excluding hydrogens is 308 g/mol. The minimum atomic E-state index is -0.389. The summed E-state index contributed by atoms with van der Waals surface area (Å²) in [6.45, 7) is 10.4. The van der Waals surface area contributed by atoms with Crippen molar-refractivity contribution < 1.29 is 9.53 Å². The lowest BCUT2D eigenvalue weighted by molar-refractivity contribution is -0.159. The molecular formula is C23H46O2. The monoisotopic (exact) mass is 354 g/mol. The summed E-state index contributed by atoms with van der Waals surface area (Å²) in [5.74, 6) is -0.0365.